The van der Waals surface area contributed by atoms with Gasteiger partial charge in [0.2, 0.25) is 0 Å². The zero-order valence-electron chi connectivity index (χ0n) is 6.28. The molecule has 0 radical (unpaired) electrons. The van der Waals surface area contributed by atoms with Gasteiger partial charge in [0.15, 0.2) is 0 Å². The third-order valence-corrected chi connectivity index (χ3v) is 5.50. The van der Waals surface area contributed by atoms with Crippen molar-refractivity contribution >= 4 is 44.9 Å². The molecule has 3 rings (SSSR count). The molecule has 0 unspecified atom stereocenters. The number of fused-ring (bicyclic) bond motifs is 3. The zero-order valence-corrected chi connectivity index (χ0v) is 8.81. The van der Waals surface area contributed by atoms with Crippen LogP contribution in [0.2, 0.25) is 0 Å². The molecule has 0 spiro atoms. The van der Waals surface area contributed by atoms with E-state index in [1.807, 2.05) is 11.3 Å². The summed E-state index contributed by atoms with van der Waals surface area (Å²) in [5, 5.41) is 2.92. The molecule has 2 aromatic heterocycles. The van der Waals surface area contributed by atoms with Crippen molar-refractivity contribution in [1.82, 2.24) is 0 Å². The predicted octanol–water partition coefficient (Wildman–Crippen LogP) is 3.11. The second-order valence-corrected chi connectivity index (χ2v) is 6.28. The van der Waals surface area contributed by atoms with Crippen molar-refractivity contribution in [2.24, 2.45) is 0 Å². The van der Waals surface area contributed by atoms with Gasteiger partial charge in [-0.15, -0.1) is 0 Å². The molecule has 0 saturated heterocycles. The summed E-state index contributed by atoms with van der Waals surface area (Å²) in [6.07, 6.45) is 0. The van der Waals surface area contributed by atoms with Crippen molar-refractivity contribution in [2.45, 2.75) is 0 Å². The second kappa shape index (κ2) is 2.46. The van der Waals surface area contributed by atoms with Gasteiger partial charge in [-0.2, -0.15) is 0 Å². The molecule has 0 saturated carbocycles. The Kier molecular flexibility index (Phi) is 1.42. The van der Waals surface area contributed by atoms with E-state index in [1.54, 1.807) is 3.57 Å². The molecule has 2 heteroatoms. The van der Waals surface area contributed by atoms with E-state index in [4.69, 9.17) is 0 Å². The van der Waals surface area contributed by atoms with E-state index in [1.165, 1.54) is 15.5 Å². The third-order valence-electron chi connectivity index (χ3n) is 2.01. The molecule has 12 heavy (non-hydrogen) atoms. The fourth-order valence-electron chi connectivity index (χ4n) is 1.45. The van der Waals surface area contributed by atoms with Crippen molar-refractivity contribution in [3.8, 4) is 0 Å². The van der Waals surface area contributed by atoms with Crippen LogP contribution in [-0.2, 0) is 0 Å². The van der Waals surface area contributed by atoms with Gasteiger partial charge in [0, 0.05) is 0 Å². The molecule has 1 aromatic carbocycles. The van der Waals surface area contributed by atoms with Crippen molar-refractivity contribution in [3.05, 3.63) is 35.3 Å². The molecule has 0 fully saturated rings. The monoisotopic (exact) mass is 238 g/mol. The zero-order chi connectivity index (χ0) is 7.97. The Morgan fingerprint density at radius 3 is 2.92 bits per heavy atom. The summed E-state index contributed by atoms with van der Waals surface area (Å²) in [4.78, 5) is 2.31. The summed E-state index contributed by atoms with van der Waals surface area (Å²) in [6, 6.07) is 10.9. The van der Waals surface area contributed by atoms with Gasteiger partial charge in [-0.25, -0.2) is 0 Å². The summed E-state index contributed by atoms with van der Waals surface area (Å²) >= 11 is 2.56. The number of hydrogen-bond donors (Lipinski definition) is 0. The molecule has 0 bridgehead atoms. The van der Waals surface area contributed by atoms with E-state index in [0.29, 0.717) is 14.5 Å². The second-order valence-electron chi connectivity index (χ2n) is 2.72. The van der Waals surface area contributed by atoms with Crippen LogP contribution in [-0.4, -0.2) is 14.5 Å². The normalized spacial score (nSPS) is 11.3. The van der Waals surface area contributed by atoms with Crippen LogP contribution in [0.3, 0.4) is 0 Å². The average molecular weight is 237 g/mol. The number of thiophene rings is 1. The van der Waals surface area contributed by atoms with E-state index in [0.717, 1.165) is 0 Å². The molecule has 0 nitrogen and oxygen atoms in total. The first kappa shape index (κ1) is 6.90. The summed E-state index contributed by atoms with van der Waals surface area (Å²) < 4.78 is 3.03. The number of benzene rings is 1. The minimum atomic E-state index is 0.610. The van der Waals surface area contributed by atoms with Crippen molar-refractivity contribution < 1.29 is 0 Å². The Hall–Kier alpha value is -0.561. The Morgan fingerprint density at radius 2 is 1.92 bits per heavy atom. The van der Waals surface area contributed by atoms with Gasteiger partial charge < -0.3 is 0 Å². The van der Waals surface area contributed by atoms with E-state index < -0.39 is 0 Å². The SMILES string of the molecule is c1ccc2c(c1)sc1[se]ccc12. The molecule has 58 valence electrons. The average Bonchev–Trinajstić information content (AvgIpc) is 2.62. The summed E-state index contributed by atoms with van der Waals surface area (Å²) in [7, 11) is 0. The van der Waals surface area contributed by atoms with E-state index >= 15 is 0 Å². The predicted molar refractivity (Wildman–Crippen MR) is 56.3 cm³/mol. The fourth-order valence-corrected chi connectivity index (χ4v) is 4.91. The molecule has 0 N–H and O–H groups in total. The van der Waals surface area contributed by atoms with E-state index in [-0.39, 0.29) is 0 Å². The maximum atomic E-state index is 2.31. The van der Waals surface area contributed by atoms with Gasteiger partial charge in [-0.05, 0) is 0 Å². The van der Waals surface area contributed by atoms with Crippen LogP contribution in [0.1, 0.15) is 0 Å². The number of hydrogen-bond acceptors (Lipinski definition) is 1. The quantitative estimate of drug-likeness (QED) is 0.527. The molecular weight excluding hydrogens is 231 g/mol. The van der Waals surface area contributed by atoms with E-state index in [2.05, 4.69) is 35.3 Å². The maximum absolute atomic E-state index is 2.31. The third kappa shape index (κ3) is 0.831. The van der Waals surface area contributed by atoms with E-state index in [9.17, 15) is 0 Å². The van der Waals surface area contributed by atoms with Crippen molar-refractivity contribution in [1.29, 1.82) is 0 Å². The van der Waals surface area contributed by atoms with Crippen LogP contribution in [0.25, 0.3) is 19.0 Å². The van der Waals surface area contributed by atoms with Crippen LogP contribution < -0.4 is 0 Å². The van der Waals surface area contributed by atoms with Gasteiger partial charge in [-0.1, -0.05) is 0 Å². The van der Waals surface area contributed by atoms with Gasteiger partial charge in [0.25, 0.3) is 0 Å². The first-order valence-corrected chi connectivity index (χ1v) is 6.46. The van der Waals surface area contributed by atoms with Crippen LogP contribution in [0.5, 0.6) is 0 Å². The Bertz CT molecular complexity index is 532. The minimum absolute atomic E-state index is 0.610. The van der Waals surface area contributed by atoms with Gasteiger partial charge in [-0.3, -0.25) is 0 Å². The fraction of sp³-hybridized carbons (Fsp3) is 0. The summed E-state index contributed by atoms with van der Waals surface area (Å²) in [5.74, 6) is 0. The Balaban J connectivity index is 2.68. The Morgan fingerprint density at radius 1 is 1.00 bits per heavy atom. The Labute approximate surface area is 80.2 Å². The topological polar surface area (TPSA) is 0 Å². The molecule has 0 aliphatic rings. The van der Waals surface area contributed by atoms with Gasteiger partial charge in [0.1, 0.15) is 0 Å². The van der Waals surface area contributed by atoms with Crippen LogP contribution in [0.15, 0.2) is 35.3 Å². The molecule has 0 atom stereocenters. The molecule has 0 amide bonds. The standard InChI is InChI=1S/C10H6SSe/c1-2-4-9-7(3-1)8-5-6-12-10(8)11-9/h1-6H. The van der Waals surface area contributed by atoms with Crippen LogP contribution >= 0.6 is 11.3 Å². The molecule has 2 heterocycles. The van der Waals surface area contributed by atoms with Crippen molar-refractivity contribution in [3.63, 3.8) is 0 Å². The molecule has 0 aliphatic heterocycles. The molecular formula is C10H6SSe. The summed E-state index contributed by atoms with van der Waals surface area (Å²) in [5.41, 5.74) is 0. The first-order chi connectivity index (χ1) is 5.95. The van der Waals surface area contributed by atoms with Crippen LogP contribution in [0, 0.1) is 0 Å². The van der Waals surface area contributed by atoms with Crippen molar-refractivity contribution in [2.75, 3.05) is 0 Å². The number of rotatable bonds is 0. The molecule has 0 aliphatic carbocycles. The molecule has 3 aromatic rings. The van der Waals surface area contributed by atoms with Crippen LogP contribution in [0.4, 0.5) is 0 Å². The van der Waals surface area contributed by atoms with Gasteiger partial charge >= 0.3 is 80.2 Å². The van der Waals surface area contributed by atoms with Gasteiger partial charge in [0.05, 0.1) is 0 Å². The summed E-state index contributed by atoms with van der Waals surface area (Å²) in [6.45, 7) is 0. The first-order valence-electron chi connectivity index (χ1n) is 3.80.